The van der Waals surface area contributed by atoms with E-state index in [1.54, 1.807) is 19.1 Å². The number of hydrogen-bond donors (Lipinski definition) is 3. The van der Waals surface area contributed by atoms with E-state index < -0.39 is 23.8 Å². The van der Waals surface area contributed by atoms with E-state index in [1.807, 2.05) is 19.1 Å². The van der Waals surface area contributed by atoms with E-state index in [1.165, 1.54) is 12.1 Å². The molecule has 3 N–H and O–H groups in total. The molecule has 0 heterocycles. The number of aliphatic hydroxyl groups excluding tert-OH is 1. The van der Waals surface area contributed by atoms with Gasteiger partial charge in [0.2, 0.25) is 0 Å². The third-order valence-electron chi connectivity index (χ3n) is 3.93. The summed E-state index contributed by atoms with van der Waals surface area (Å²) in [6.07, 6.45) is -1.05. The largest absolute Gasteiger partial charge is 0.505 e. The van der Waals surface area contributed by atoms with Crippen molar-refractivity contribution in [2.75, 3.05) is 11.9 Å². The average Bonchev–Trinajstić information content (AvgIpc) is 2.57. The highest BCUT2D eigenvalue weighted by Gasteiger charge is 2.24. The molecule has 0 aliphatic carbocycles. The molecular weight excluding hydrogens is 325 g/mol. The molecule has 0 saturated carbocycles. The lowest BCUT2D eigenvalue weighted by Crippen LogP contribution is -2.22. The van der Waals surface area contributed by atoms with Crippen molar-refractivity contribution < 1.29 is 24.1 Å². The first kappa shape index (κ1) is 18.7. The van der Waals surface area contributed by atoms with Crippen LogP contribution in [0.1, 0.15) is 30.6 Å². The van der Waals surface area contributed by atoms with Gasteiger partial charge in [-0.15, -0.1) is 0 Å². The first-order valence-corrected chi connectivity index (χ1v) is 8.04. The average molecular weight is 347 g/mol. The summed E-state index contributed by atoms with van der Waals surface area (Å²) < 4.78 is 19.1. The van der Waals surface area contributed by atoms with Crippen LogP contribution >= 0.6 is 0 Å². The molecule has 5 nitrogen and oxygen atoms in total. The number of phenolic OH excluding ortho intramolecular Hbond substituents is 1. The zero-order valence-corrected chi connectivity index (χ0v) is 14.2. The molecule has 0 aliphatic heterocycles. The second kappa shape index (κ2) is 8.48. The summed E-state index contributed by atoms with van der Waals surface area (Å²) in [5, 5.41) is 21.1. The summed E-state index contributed by atoms with van der Waals surface area (Å²) in [5.74, 6) is -1.50. The number of phenols is 1. The topological polar surface area (TPSA) is 78.8 Å². The number of rotatable bonds is 6. The van der Waals surface area contributed by atoms with Gasteiger partial charge in [-0.2, -0.15) is 0 Å². The summed E-state index contributed by atoms with van der Waals surface area (Å²) in [7, 11) is 0. The van der Waals surface area contributed by atoms with E-state index in [2.05, 4.69) is 5.32 Å². The van der Waals surface area contributed by atoms with Crippen molar-refractivity contribution in [3.63, 3.8) is 0 Å². The number of benzene rings is 2. The SMILES string of the molecule is Cc1ccc(NC(=O)O[C@@H](c2ccc(O)c(F)c2)[C@H](C)CCO)cc1. The minimum atomic E-state index is -0.791. The summed E-state index contributed by atoms with van der Waals surface area (Å²) >= 11 is 0. The van der Waals surface area contributed by atoms with Gasteiger partial charge in [-0.3, -0.25) is 5.32 Å². The van der Waals surface area contributed by atoms with Crippen LogP contribution in [0.25, 0.3) is 0 Å². The number of anilines is 1. The Balaban J connectivity index is 2.15. The quantitative estimate of drug-likeness (QED) is 0.733. The first-order valence-electron chi connectivity index (χ1n) is 8.04. The van der Waals surface area contributed by atoms with Crippen LogP contribution in [0.5, 0.6) is 5.75 Å². The van der Waals surface area contributed by atoms with Gasteiger partial charge in [0.15, 0.2) is 11.6 Å². The zero-order chi connectivity index (χ0) is 18.4. The molecule has 0 fully saturated rings. The minimum absolute atomic E-state index is 0.0822. The Hall–Kier alpha value is -2.60. The highest BCUT2D eigenvalue weighted by molar-refractivity contribution is 5.84. The Labute approximate surface area is 146 Å². The third kappa shape index (κ3) is 5.19. The monoisotopic (exact) mass is 347 g/mol. The molecule has 0 bridgehead atoms. The highest BCUT2D eigenvalue weighted by Crippen LogP contribution is 2.31. The molecular formula is C19H22FNO4. The van der Waals surface area contributed by atoms with Crippen molar-refractivity contribution in [2.24, 2.45) is 5.92 Å². The van der Waals surface area contributed by atoms with Gasteiger partial charge in [0.1, 0.15) is 6.10 Å². The van der Waals surface area contributed by atoms with Crippen LogP contribution in [-0.2, 0) is 4.74 Å². The number of hydrogen-bond acceptors (Lipinski definition) is 4. The van der Waals surface area contributed by atoms with Crippen molar-refractivity contribution in [3.8, 4) is 5.75 Å². The molecule has 6 heteroatoms. The molecule has 2 aromatic rings. The summed E-state index contributed by atoms with van der Waals surface area (Å²) in [6, 6.07) is 11.1. The van der Waals surface area contributed by atoms with Crippen molar-refractivity contribution in [3.05, 3.63) is 59.4 Å². The molecule has 2 atom stereocenters. The lowest BCUT2D eigenvalue weighted by molar-refractivity contribution is 0.0665. The van der Waals surface area contributed by atoms with Gasteiger partial charge in [-0.05, 0) is 49.1 Å². The van der Waals surface area contributed by atoms with Crippen molar-refractivity contribution in [1.82, 2.24) is 0 Å². The van der Waals surface area contributed by atoms with Crippen LogP contribution in [0.15, 0.2) is 42.5 Å². The fourth-order valence-corrected chi connectivity index (χ4v) is 2.47. The van der Waals surface area contributed by atoms with E-state index in [9.17, 15) is 14.3 Å². The summed E-state index contributed by atoms with van der Waals surface area (Å²) in [6.45, 7) is 3.65. The van der Waals surface area contributed by atoms with Gasteiger partial charge in [-0.25, -0.2) is 9.18 Å². The third-order valence-corrected chi connectivity index (χ3v) is 3.93. The number of aliphatic hydroxyl groups is 1. The molecule has 25 heavy (non-hydrogen) atoms. The molecule has 2 aromatic carbocycles. The van der Waals surface area contributed by atoms with Gasteiger partial charge in [-0.1, -0.05) is 30.7 Å². The Bertz CT molecular complexity index is 718. The standard InChI is InChI=1S/C19H22FNO4/c1-12-3-6-15(7-4-12)21-19(24)25-18(13(2)9-10-22)14-5-8-17(23)16(20)11-14/h3-8,11,13,18,22-23H,9-10H2,1-2H3,(H,21,24)/t13-,18-/m1/s1. The number of carbonyl (C=O) groups is 1. The minimum Gasteiger partial charge on any atom is -0.505 e. The maximum absolute atomic E-state index is 13.7. The molecule has 1 amide bonds. The summed E-state index contributed by atoms with van der Waals surface area (Å²) in [4.78, 5) is 12.2. The fraction of sp³-hybridized carbons (Fsp3) is 0.316. The van der Waals surface area contributed by atoms with Crippen LogP contribution in [0.3, 0.4) is 0 Å². The molecule has 0 unspecified atom stereocenters. The fourth-order valence-electron chi connectivity index (χ4n) is 2.47. The molecule has 134 valence electrons. The van der Waals surface area contributed by atoms with E-state index in [0.717, 1.165) is 11.6 Å². The number of halogens is 1. The number of ether oxygens (including phenoxy) is 1. The number of aryl methyl sites for hydroxylation is 1. The van der Waals surface area contributed by atoms with Crippen molar-refractivity contribution in [1.29, 1.82) is 0 Å². The van der Waals surface area contributed by atoms with Crippen LogP contribution in [0.4, 0.5) is 14.9 Å². The smallest absolute Gasteiger partial charge is 0.412 e. The van der Waals surface area contributed by atoms with E-state index in [4.69, 9.17) is 9.84 Å². The Morgan fingerprint density at radius 3 is 2.52 bits per heavy atom. The predicted octanol–water partition coefficient (Wildman–Crippen LogP) is 4.15. The first-order chi connectivity index (χ1) is 11.9. The maximum Gasteiger partial charge on any atom is 0.412 e. The number of aromatic hydroxyl groups is 1. The van der Waals surface area contributed by atoms with E-state index in [0.29, 0.717) is 17.7 Å². The van der Waals surface area contributed by atoms with E-state index >= 15 is 0 Å². The van der Waals surface area contributed by atoms with Gasteiger partial charge >= 0.3 is 6.09 Å². The number of nitrogens with one attached hydrogen (secondary N) is 1. The molecule has 0 radical (unpaired) electrons. The Kier molecular flexibility index (Phi) is 6.36. The number of carbonyl (C=O) groups excluding carboxylic acids is 1. The lowest BCUT2D eigenvalue weighted by Gasteiger charge is -2.24. The molecule has 0 aromatic heterocycles. The lowest BCUT2D eigenvalue weighted by atomic mass is 9.94. The number of amides is 1. The molecule has 2 rings (SSSR count). The second-order valence-corrected chi connectivity index (χ2v) is 6.02. The Morgan fingerprint density at radius 1 is 1.24 bits per heavy atom. The summed E-state index contributed by atoms with van der Waals surface area (Å²) in [5.41, 5.74) is 2.06. The normalized spacial score (nSPS) is 13.1. The van der Waals surface area contributed by atoms with Gasteiger partial charge in [0, 0.05) is 12.3 Å². The highest BCUT2D eigenvalue weighted by atomic mass is 19.1. The molecule has 0 saturated heterocycles. The van der Waals surface area contributed by atoms with Crippen LogP contribution < -0.4 is 5.32 Å². The van der Waals surface area contributed by atoms with Crippen LogP contribution in [0.2, 0.25) is 0 Å². The Morgan fingerprint density at radius 2 is 1.92 bits per heavy atom. The van der Waals surface area contributed by atoms with Gasteiger partial charge < -0.3 is 14.9 Å². The molecule has 0 spiro atoms. The van der Waals surface area contributed by atoms with Gasteiger partial charge in [0.25, 0.3) is 0 Å². The van der Waals surface area contributed by atoms with Crippen molar-refractivity contribution in [2.45, 2.75) is 26.4 Å². The van der Waals surface area contributed by atoms with Crippen LogP contribution in [0, 0.1) is 18.7 Å². The predicted molar refractivity (Wildman–Crippen MR) is 93.0 cm³/mol. The maximum atomic E-state index is 13.7. The van der Waals surface area contributed by atoms with Crippen LogP contribution in [-0.4, -0.2) is 22.9 Å². The molecule has 0 aliphatic rings. The zero-order valence-electron chi connectivity index (χ0n) is 14.2. The second-order valence-electron chi connectivity index (χ2n) is 6.02. The van der Waals surface area contributed by atoms with E-state index in [-0.39, 0.29) is 12.5 Å². The van der Waals surface area contributed by atoms with Gasteiger partial charge in [0.05, 0.1) is 0 Å². The van der Waals surface area contributed by atoms with Crippen molar-refractivity contribution >= 4 is 11.8 Å².